The van der Waals surface area contributed by atoms with Crippen molar-refractivity contribution in [3.63, 3.8) is 0 Å². The maximum Gasteiger partial charge on any atom is 0.508 e. The van der Waals surface area contributed by atoms with Crippen LogP contribution in [0.15, 0.2) is 0 Å². The van der Waals surface area contributed by atoms with Crippen LogP contribution in [0, 0.1) is 11.8 Å². The fraction of sp³-hybridized carbons (Fsp3) is 0.846. The van der Waals surface area contributed by atoms with Crippen molar-refractivity contribution >= 4 is 12.4 Å². The summed E-state index contributed by atoms with van der Waals surface area (Å²) in [6.07, 6.45) is 2.88. The summed E-state index contributed by atoms with van der Waals surface area (Å²) >= 11 is 0. The van der Waals surface area contributed by atoms with Gasteiger partial charge in [-0.2, -0.15) is 0 Å². The molecule has 0 aromatic rings. The lowest BCUT2D eigenvalue weighted by Gasteiger charge is -2.25. The number of aldehydes is 1. The number of carbonyl (C=O) groups excluding carboxylic acids is 2. The van der Waals surface area contributed by atoms with Crippen molar-refractivity contribution < 1.29 is 23.8 Å². The third-order valence-electron chi connectivity index (χ3n) is 3.68. The van der Waals surface area contributed by atoms with Gasteiger partial charge in [-0.1, -0.05) is 0 Å². The van der Waals surface area contributed by atoms with Gasteiger partial charge in [-0.3, -0.25) is 0 Å². The van der Waals surface area contributed by atoms with Crippen molar-refractivity contribution in [3.8, 4) is 0 Å². The molecule has 0 radical (unpaired) electrons. The first kappa shape index (κ1) is 13.3. The normalized spacial score (nSPS) is 33.7. The van der Waals surface area contributed by atoms with Crippen molar-refractivity contribution in [3.05, 3.63) is 0 Å². The molecule has 5 nitrogen and oxygen atoms in total. The fourth-order valence-corrected chi connectivity index (χ4v) is 2.93. The zero-order valence-electron chi connectivity index (χ0n) is 10.8. The Morgan fingerprint density at radius 1 is 1.33 bits per heavy atom. The van der Waals surface area contributed by atoms with Crippen LogP contribution in [0.3, 0.4) is 0 Å². The largest absolute Gasteiger partial charge is 0.508 e. The van der Waals surface area contributed by atoms with E-state index in [9.17, 15) is 9.59 Å². The Morgan fingerprint density at radius 2 is 2.00 bits per heavy atom. The highest BCUT2D eigenvalue weighted by Gasteiger charge is 2.48. The molecule has 4 atom stereocenters. The van der Waals surface area contributed by atoms with E-state index in [-0.39, 0.29) is 36.8 Å². The van der Waals surface area contributed by atoms with Crippen molar-refractivity contribution in [2.24, 2.45) is 11.8 Å². The standard InChI is InChI=1S/C13H20O5/c1-8(2)17-13(15)16-7-10-9(5-6-14)11-3-4-12(10)18-11/h6,8-12H,3-5,7H2,1-2H3/t9-,10+,11+,12-/m1/s1. The van der Waals surface area contributed by atoms with E-state index in [0.29, 0.717) is 6.42 Å². The van der Waals surface area contributed by atoms with Crippen molar-refractivity contribution in [2.75, 3.05) is 6.61 Å². The molecule has 0 aromatic heterocycles. The lowest BCUT2D eigenvalue weighted by atomic mass is 9.78. The predicted octanol–water partition coefficient (Wildman–Crippen LogP) is 1.93. The summed E-state index contributed by atoms with van der Waals surface area (Å²) < 4.78 is 15.8. The minimum Gasteiger partial charge on any atom is -0.434 e. The van der Waals surface area contributed by atoms with Crippen LogP contribution < -0.4 is 0 Å². The Kier molecular flexibility index (Phi) is 4.22. The molecule has 2 saturated heterocycles. The minimum absolute atomic E-state index is 0.131. The first-order valence-corrected chi connectivity index (χ1v) is 6.54. The lowest BCUT2D eigenvalue weighted by molar-refractivity contribution is -0.109. The second-order valence-electron chi connectivity index (χ2n) is 5.25. The molecule has 0 amide bonds. The fourth-order valence-electron chi connectivity index (χ4n) is 2.93. The number of rotatable bonds is 5. The van der Waals surface area contributed by atoms with Crippen molar-refractivity contribution in [1.29, 1.82) is 0 Å². The van der Waals surface area contributed by atoms with Crippen LogP contribution in [0.2, 0.25) is 0 Å². The molecule has 2 aliphatic heterocycles. The van der Waals surface area contributed by atoms with Gasteiger partial charge in [-0.05, 0) is 26.7 Å². The van der Waals surface area contributed by atoms with Crippen LogP contribution in [0.25, 0.3) is 0 Å². The second kappa shape index (κ2) is 5.69. The van der Waals surface area contributed by atoms with Gasteiger partial charge >= 0.3 is 6.16 Å². The molecule has 2 rings (SSSR count). The quantitative estimate of drug-likeness (QED) is 0.555. The molecule has 0 aromatic carbocycles. The molecule has 0 unspecified atom stereocenters. The number of ether oxygens (including phenoxy) is 3. The smallest absolute Gasteiger partial charge is 0.434 e. The second-order valence-corrected chi connectivity index (χ2v) is 5.25. The highest BCUT2D eigenvalue weighted by atomic mass is 16.7. The number of carbonyl (C=O) groups is 2. The number of hydrogen-bond acceptors (Lipinski definition) is 5. The lowest BCUT2D eigenvalue weighted by Crippen LogP contribution is -2.32. The summed E-state index contributed by atoms with van der Waals surface area (Å²) in [5.74, 6) is 0.321. The van der Waals surface area contributed by atoms with Crippen molar-refractivity contribution in [1.82, 2.24) is 0 Å². The SMILES string of the molecule is CC(C)OC(=O)OC[C@H]1[C@@H](CC=O)[C@@H]2CC[C@H]1O2. The van der Waals surface area contributed by atoms with Crippen LogP contribution in [-0.2, 0) is 19.0 Å². The van der Waals surface area contributed by atoms with Crippen LogP contribution in [0.4, 0.5) is 4.79 Å². The van der Waals surface area contributed by atoms with E-state index in [1.165, 1.54) is 0 Å². The predicted molar refractivity (Wildman–Crippen MR) is 63.1 cm³/mol. The van der Waals surface area contributed by atoms with E-state index in [2.05, 4.69) is 0 Å². The third-order valence-corrected chi connectivity index (χ3v) is 3.68. The number of hydrogen-bond donors (Lipinski definition) is 0. The van der Waals surface area contributed by atoms with Gasteiger partial charge in [0.2, 0.25) is 0 Å². The highest BCUT2D eigenvalue weighted by molar-refractivity contribution is 5.60. The molecular weight excluding hydrogens is 236 g/mol. The number of fused-ring (bicyclic) bond motifs is 2. The summed E-state index contributed by atoms with van der Waals surface area (Å²) in [5.41, 5.74) is 0. The van der Waals surface area contributed by atoms with E-state index in [0.717, 1.165) is 19.1 Å². The summed E-state index contributed by atoms with van der Waals surface area (Å²) in [7, 11) is 0. The molecule has 0 N–H and O–H groups in total. The molecule has 0 saturated carbocycles. The Labute approximate surface area is 107 Å². The first-order chi connectivity index (χ1) is 8.61. The van der Waals surface area contributed by atoms with Gasteiger partial charge in [0, 0.05) is 18.3 Å². The van der Waals surface area contributed by atoms with Crippen LogP contribution in [0.5, 0.6) is 0 Å². The maximum absolute atomic E-state index is 11.3. The van der Waals surface area contributed by atoms with E-state index in [4.69, 9.17) is 14.2 Å². The average molecular weight is 256 g/mol. The summed E-state index contributed by atoms with van der Waals surface area (Å²) in [5, 5.41) is 0. The molecule has 0 aliphatic carbocycles. The van der Waals surface area contributed by atoms with E-state index < -0.39 is 6.16 Å². The van der Waals surface area contributed by atoms with Gasteiger partial charge in [0.15, 0.2) is 0 Å². The average Bonchev–Trinajstić information content (AvgIpc) is 2.87. The third kappa shape index (κ3) is 2.83. The molecular formula is C13H20O5. The molecule has 2 bridgehead atoms. The molecule has 2 heterocycles. The van der Waals surface area contributed by atoms with Gasteiger partial charge < -0.3 is 19.0 Å². The molecule has 18 heavy (non-hydrogen) atoms. The zero-order chi connectivity index (χ0) is 13.1. The van der Waals surface area contributed by atoms with Gasteiger partial charge in [0.05, 0.1) is 18.3 Å². The summed E-state index contributed by atoms with van der Waals surface area (Å²) in [6.45, 7) is 3.83. The van der Waals surface area contributed by atoms with Gasteiger partial charge in [-0.25, -0.2) is 4.79 Å². The molecule has 2 fully saturated rings. The summed E-state index contributed by atoms with van der Waals surface area (Å²) in [4.78, 5) is 22.0. The Balaban J connectivity index is 1.84. The Bertz CT molecular complexity index is 315. The molecule has 0 spiro atoms. The van der Waals surface area contributed by atoms with Crippen molar-refractivity contribution in [2.45, 2.75) is 51.4 Å². The van der Waals surface area contributed by atoms with E-state index >= 15 is 0 Å². The van der Waals surface area contributed by atoms with E-state index in [1.54, 1.807) is 13.8 Å². The molecule has 5 heteroatoms. The van der Waals surface area contributed by atoms with Crippen LogP contribution in [-0.4, -0.2) is 37.4 Å². The monoisotopic (exact) mass is 256 g/mol. The van der Waals surface area contributed by atoms with E-state index in [1.807, 2.05) is 0 Å². The van der Waals surface area contributed by atoms with Gasteiger partial charge in [-0.15, -0.1) is 0 Å². The minimum atomic E-state index is -0.641. The maximum atomic E-state index is 11.3. The highest BCUT2D eigenvalue weighted by Crippen LogP contribution is 2.44. The topological polar surface area (TPSA) is 61.8 Å². The molecule has 2 aliphatic rings. The molecule has 102 valence electrons. The first-order valence-electron chi connectivity index (χ1n) is 6.54. The summed E-state index contributed by atoms with van der Waals surface area (Å²) in [6, 6.07) is 0. The Morgan fingerprint density at radius 3 is 2.61 bits per heavy atom. The van der Waals surface area contributed by atoms with Crippen LogP contribution in [0.1, 0.15) is 33.1 Å². The van der Waals surface area contributed by atoms with Gasteiger partial charge in [0.25, 0.3) is 0 Å². The zero-order valence-corrected chi connectivity index (χ0v) is 10.8. The van der Waals surface area contributed by atoms with Gasteiger partial charge in [0.1, 0.15) is 12.9 Å². The Hall–Kier alpha value is -1.10. The van der Waals surface area contributed by atoms with Crippen LogP contribution >= 0.6 is 0 Å².